The van der Waals surface area contributed by atoms with Crippen LogP contribution in [0.5, 0.6) is 0 Å². The third-order valence-corrected chi connectivity index (χ3v) is 7.16. The molecule has 31 heavy (non-hydrogen) atoms. The van der Waals surface area contributed by atoms with Gasteiger partial charge in [0.1, 0.15) is 0 Å². The van der Waals surface area contributed by atoms with E-state index in [1.165, 1.54) is 11.6 Å². The molecular weight excluding hydrogens is 460 g/mol. The number of nitrogens with one attached hydrogen (secondary N) is 1. The minimum absolute atomic E-state index is 0.0470. The van der Waals surface area contributed by atoms with Crippen LogP contribution in [0.15, 0.2) is 53.0 Å². The fraction of sp³-hybridized carbons (Fsp3) is 0.375. The smallest absolute Gasteiger partial charge is 0.335 e. The topological polar surface area (TPSA) is 86.7 Å². The number of hydrogen-bond acceptors (Lipinski definition) is 4. The third kappa shape index (κ3) is 4.43. The molecule has 2 fully saturated rings. The van der Waals surface area contributed by atoms with Gasteiger partial charge in [-0.05, 0) is 73.7 Å². The molecule has 2 aliphatic rings. The first kappa shape index (κ1) is 21.7. The number of hydrogen-bond donors (Lipinski definition) is 2. The van der Waals surface area contributed by atoms with E-state index in [0.717, 1.165) is 36.9 Å². The highest BCUT2D eigenvalue weighted by Gasteiger charge is 2.50. The van der Waals surface area contributed by atoms with E-state index in [9.17, 15) is 19.5 Å². The summed E-state index contributed by atoms with van der Waals surface area (Å²) in [6.07, 6.45) is 2.31. The lowest BCUT2D eigenvalue weighted by Crippen LogP contribution is -2.57. The van der Waals surface area contributed by atoms with Crippen LogP contribution in [0, 0.1) is 5.92 Å². The number of aromatic carboxylic acids is 1. The van der Waals surface area contributed by atoms with Crippen LogP contribution < -0.4 is 5.32 Å². The highest BCUT2D eigenvalue weighted by Crippen LogP contribution is 2.44. The molecule has 0 aliphatic carbocycles. The van der Waals surface area contributed by atoms with E-state index in [-0.39, 0.29) is 29.7 Å². The Balaban J connectivity index is 1.57. The molecule has 2 saturated heterocycles. The third-order valence-electron chi connectivity index (χ3n) is 6.63. The fourth-order valence-corrected chi connectivity index (χ4v) is 5.25. The maximum absolute atomic E-state index is 13.2. The molecule has 2 N–H and O–H groups in total. The van der Waals surface area contributed by atoms with Crippen molar-refractivity contribution in [3.05, 3.63) is 69.7 Å². The summed E-state index contributed by atoms with van der Waals surface area (Å²) in [5.41, 5.74) is 1.23. The second kappa shape index (κ2) is 8.93. The Morgan fingerprint density at radius 3 is 2.48 bits per heavy atom. The summed E-state index contributed by atoms with van der Waals surface area (Å²) in [5.74, 6) is -1.53. The van der Waals surface area contributed by atoms with Gasteiger partial charge in [0, 0.05) is 17.4 Å². The van der Waals surface area contributed by atoms with Crippen LogP contribution in [0.1, 0.15) is 47.2 Å². The molecule has 0 spiro atoms. The molecule has 0 saturated carbocycles. The molecule has 0 aromatic heterocycles. The van der Waals surface area contributed by atoms with E-state index in [4.69, 9.17) is 0 Å². The Morgan fingerprint density at radius 1 is 1.13 bits per heavy atom. The van der Waals surface area contributed by atoms with Crippen molar-refractivity contribution in [3.63, 3.8) is 0 Å². The zero-order valence-electron chi connectivity index (χ0n) is 17.1. The second-order valence-electron chi connectivity index (χ2n) is 8.41. The van der Waals surface area contributed by atoms with Crippen molar-refractivity contribution in [2.45, 2.75) is 37.6 Å². The first-order valence-electron chi connectivity index (χ1n) is 10.5. The average Bonchev–Trinajstić information content (AvgIpc) is 2.76. The number of carboxylic acid groups (broad SMARTS) is 1. The van der Waals surface area contributed by atoms with Crippen molar-refractivity contribution < 1.29 is 19.5 Å². The predicted molar refractivity (Wildman–Crippen MR) is 120 cm³/mol. The van der Waals surface area contributed by atoms with Gasteiger partial charge in [-0.25, -0.2) is 4.79 Å². The summed E-state index contributed by atoms with van der Waals surface area (Å²) in [4.78, 5) is 39.0. The number of piperidine rings is 2. The largest absolute Gasteiger partial charge is 0.478 e. The number of carboxylic acids is 1. The monoisotopic (exact) mass is 484 g/mol. The Kier molecular flexibility index (Phi) is 6.25. The molecule has 0 radical (unpaired) electrons. The lowest BCUT2D eigenvalue weighted by molar-refractivity contribution is -0.140. The molecule has 2 amide bonds. The molecule has 2 aliphatic heterocycles. The molecule has 2 aromatic carbocycles. The van der Waals surface area contributed by atoms with E-state index < -0.39 is 11.4 Å². The summed E-state index contributed by atoms with van der Waals surface area (Å²) in [6, 6.07) is 14.9. The Hall–Kier alpha value is -2.51. The van der Waals surface area contributed by atoms with Gasteiger partial charge in [0.15, 0.2) is 0 Å². The number of rotatable bonds is 5. The Bertz CT molecular complexity index is 999. The van der Waals surface area contributed by atoms with Gasteiger partial charge >= 0.3 is 5.97 Å². The summed E-state index contributed by atoms with van der Waals surface area (Å²) in [6.45, 7) is 2.55. The molecule has 7 heteroatoms. The van der Waals surface area contributed by atoms with Crippen molar-refractivity contribution in [2.75, 3.05) is 13.1 Å². The van der Waals surface area contributed by atoms with E-state index in [2.05, 4.69) is 38.3 Å². The molecule has 2 heterocycles. The lowest BCUT2D eigenvalue weighted by atomic mass is 9.62. The number of carbonyl (C=O) groups excluding carboxylic acids is 2. The standard InChI is InChI=1S/C24H25BrN2O4/c25-20-6-4-16(5-7-20)15-27-12-9-18(10-13-27)24(11-8-21(28)26-23(24)31)19-3-1-2-17(14-19)22(29)30/h1-7,14,18H,8-13,15H2,(H,29,30)(H,26,28,31)/t24-/m1/s1. The number of nitrogens with zero attached hydrogens (tertiary/aromatic N) is 1. The SMILES string of the molecule is O=C1CC[C@](c2cccc(C(=O)O)c2)(C2CCN(Cc3ccc(Br)cc3)CC2)C(=O)N1. The van der Waals surface area contributed by atoms with E-state index in [1.807, 2.05) is 18.2 Å². The zero-order valence-corrected chi connectivity index (χ0v) is 18.7. The van der Waals surface area contributed by atoms with Crippen molar-refractivity contribution in [1.29, 1.82) is 0 Å². The van der Waals surface area contributed by atoms with Crippen molar-refractivity contribution in [1.82, 2.24) is 10.2 Å². The lowest BCUT2D eigenvalue weighted by Gasteiger charge is -2.45. The van der Waals surface area contributed by atoms with Gasteiger partial charge in [-0.15, -0.1) is 0 Å². The van der Waals surface area contributed by atoms with Gasteiger partial charge in [0.05, 0.1) is 11.0 Å². The van der Waals surface area contributed by atoms with Gasteiger partial charge in [-0.3, -0.25) is 19.8 Å². The Morgan fingerprint density at radius 2 is 1.84 bits per heavy atom. The second-order valence-corrected chi connectivity index (χ2v) is 9.33. The maximum Gasteiger partial charge on any atom is 0.335 e. The minimum atomic E-state index is -1.02. The highest BCUT2D eigenvalue weighted by molar-refractivity contribution is 9.10. The number of benzene rings is 2. The molecule has 2 aromatic rings. The first-order valence-corrected chi connectivity index (χ1v) is 11.3. The minimum Gasteiger partial charge on any atom is -0.478 e. The van der Waals surface area contributed by atoms with Gasteiger partial charge in [-0.1, -0.05) is 40.2 Å². The maximum atomic E-state index is 13.2. The summed E-state index contributed by atoms with van der Waals surface area (Å²) >= 11 is 3.46. The average molecular weight is 485 g/mol. The van der Waals surface area contributed by atoms with Gasteiger partial charge in [0.2, 0.25) is 11.8 Å². The molecule has 0 bridgehead atoms. The zero-order chi connectivity index (χ0) is 22.0. The molecule has 4 rings (SSSR count). The van der Waals surface area contributed by atoms with Crippen LogP contribution >= 0.6 is 15.9 Å². The molecule has 162 valence electrons. The fourth-order valence-electron chi connectivity index (χ4n) is 4.99. The normalized spacial score (nSPS) is 22.9. The first-order chi connectivity index (χ1) is 14.9. The van der Waals surface area contributed by atoms with Crippen molar-refractivity contribution >= 4 is 33.7 Å². The van der Waals surface area contributed by atoms with Crippen LogP contribution in [0.25, 0.3) is 0 Å². The van der Waals surface area contributed by atoms with Crippen LogP contribution in [-0.4, -0.2) is 40.9 Å². The van der Waals surface area contributed by atoms with Crippen LogP contribution in [0.4, 0.5) is 0 Å². The van der Waals surface area contributed by atoms with Crippen LogP contribution in [0.3, 0.4) is 0 Å². The van der Waals surface area contributed by atoms with Gasteiger partial charge in [0.25, 0.3) is 0 Å². The van der Waals surface area contributed by atoms with E-state index in [0.29, 0.717) is 12.0 Å². The van der Waals surface area contributed by atoms with Crippen LogP contribution in [-0.2, 0) is 21.5 Å². The summed E-state index contributed by atoms with van der Waals surface area (Å²) < 4.78 is 1.05. The van der Waals surface area contributed by atoms with E-state index >= 15 is 0 Å². The van der Waals surface area contributed by atoms with Gasteiger partial charge in [-0.2, -0.15) is 0 Å². The summed E-state index contributed by atoms with van der Waals surface area (Å²) in [7, 11) is 0. The van der Waals surface area contributed by atoms with Crippen molar-refractivity contribution in [3.8, 4) is 0 Å². The number of likely N-dealkylation sites (tertiary alicyclic amines) is 1. The predicted octanol–water partition coefficient (Wildman–Crippen LogP) is 3.73. The molecule has 1 atom stereocenters. The highest BCUT2D eigenvalue weighted by atomic mass is 79.9. The molecular formula is C24H25BrN2O4. The Labute approximate surface area is 189 Å². The molecule has 6 nitrogen and oxygen atoms in total. The quantitative estimate of drug-likeness (QED) is 0.631. The van der Waals surface area contributed by atoms with E-state index in [1.54, 1.807) is 12.1 Å². The summed E-state index contributed by atoms with van der Waals surface area (Å²) in [5, 5.41) is 12.0. The number of imide groups is 1. The van der Waals surface area contributed by atoms with Crippen LogP contribution in [0.2, 0.25) is 0 Å². The number of amides is 2. The van der Waals surface area contributed by atoms with Gasteiger partial charge < -0.3 is 5.11 Å². The molecule has 0 unspecified atom stereocenters. The number of carbonyl (C=O) groups is 3. The number of halogens is 1. The van der Waals surface area contributed by atoms with Crippen molar-refractivity contribution in [2.24, 2.45) is 5.92 Å².